The first-order chi connectivity index (χ1) is 9.83. The molecule has 1 amide bonds. The summed E-state index contributed by atoms with van der Waals surface area (Å²) in [6, 6.07) is 10.2. The van der Waals surface area contributed by atoms with Crippen LogP contribution in [0.2, 0.25) is 0 Å². The molecule has 1 aliphatic rings. The van der Waals surface area contributed by atoms with Crippen LogP contribution >= 0.6 is 23.7 Å². The molecule has 0 aliphatic carbocycles. The van der Waals surface area contributed by atoms with Crippen LogP contribution in [0.5, 0.6) is 0 Å². The van der Waals surface area contributed by atoms with Gasteiger partial charge in [0.2, 0.25) is 5.91 Å². The average molecular weight is 324 g/mol. The zero-order valence-corrected chi connectivity index (χ0v) is 13.2. The molecule has 0 spiro atoms. The molecule has 1 saturated heterocycles. The van der Waals surface area contributed by atoms with Gasteiger partial charge in [-0.25, -0.2) is 4.98 Å². The topological polar surface area (TPSA) is 54.0 Å². The Balaban J connectivity index is 0.00000161. The number of hydrogen-bond donors (Lipinski definition) is 2. The minimum Gasteiger partial charge on any atom is -0.355 e. The Morgan fingerprint density at radius 3 is 2.76 bits per heavy atom. The molecule has 2 heterocycles. The van der Waals surface area contributed by atoms with Crippen molar-refractivity contribution in [2.75, 3.05) is 19.6 Å². The molecule has 1 aromatic heterocycles. The first-order valence-electron chi connectivity index (χ1n) is 6.81. The molecule has 0 saturated carbocycles. The summed E-state index contributed by atoms with van der Waals surface area (Å²) in [5, 5.41) is 9.17. The van der Waals surface area contributed by atoms with Crippen LogP contribution in [0.3, 0.4) is 0 Å². The summed E-state index contributed by atoms with van der Waals surface area (Å²) < 4.78 is 0. The van der Waals surface area contributed by atoms with Gasteiger partial charge in [0, 0.05) is 37.0 Å². The Morgan fingerprint density at radius 2 is 2.10 bits per heavy atom. The van der Waals surface area contributed by atoms with Crippen LogP contribution in [-0.2, 0) is 11.2 Å². The molecule has 1 fully saturated rings. The quantitative estimate of drug-likeness (QED) is 0.886. The second-order valence-corrected chi connectivity index (χ2v) is 5.76. The molecule has 0 unspecified atom stereocenters. The number of hydrogen-bond acceptors (Lipinski definition) is 4. The van der Waals surface area contributed by atoms with Crippen LogP contribution < -0.4 is 10.6 Å². The summed E-state index contributed by atoms with van der Waals surface area (Å²) in [6.07, 6.45) is 0.787. The van der Waals surface area contributed by atoms with Crippen molar-refractivity contribution in [3.05, 3.63) is 41.4 Å². The molecule has 112 valence electrons. The first kappa shape index (κ1) is 15.9. The van der Waals surface area contributed by atoms with Crippen LogP contribution in [0.4, 0.5) is 0 Å². The molecule has 4 nitrogen and oxygen atoms in total. The van der Waals surface area contributed by atoms with Gasteiger partial charge in [0.15, 0.2) is 0 Å². The number of nitrogens with one attached hydrogen (secondary N) is 2. The zero-order valence-electron chi connectivity index (χ0n) is 11.5. The van der Waals surface area contributed by atoms with E-state index < -0.39 is 0 Å². The highest BCUT2D eigenvalue weighted by atomic mass is 35.5. The minimum absolute atomic E-state index is 0. The van der Waals surface area contributed by atoms with Gasteiger partial charge in [0.1, 0.15) is 5.01 Å². The van der Waals surface area contributed by atoms with Crippen molar-refractivity contribution in [3.8, 4) is 10.6 Å². The van der Waals surface area contributed by atoms with Crippen molar-refractivity contribution < 1.29 is 4.79 Å². The van der Waals surface area contributed by atoms with E-state index in [9.17, 15) is 4.79 Å². The van der Waals surface area contributed by atoms with Gasteiger partial charge >= 0.3 is 0 Å². The normalized spacial score (nSPS) is 14.1. The number of rotatable bonds is 5. The molecule has 1 aromatic carbocycles. The Hall–Kier alpha value is -1.43. The number of halogens is 1. The highest BCUT2D eigenvalue weighted by molar-refractivity contribution is 7.13. The molecular formula is C15H18ClN3OS. The fourth-order valence-corrected chi connectivity index (χ4v) is 2.93. The van der Waals surface area contributed by atoms with Crippen molar-refractivity contribution >= 4 is 29.7 Å². The fraction of sp³-hybridized carbons (Fsp3) is 0.333. The second kappa shape index (κ2) is 7.54. The van der Waals surface area contributed by atoms with E-state index in [1.165, 1.54) is 0 Å². The smallest absolute Gasteiger partial charge is 0.225 e. The third-order valence-electron chi connectivity index (χ3n) is 3.41. The lowest BCUT2D eigenvalue weighted by molar-refractivity contribution is -0.126. The average Bonchev–Trinajstić information content (AvgIpc) is 2.86. The molecule has 21 heavy (non-hydrogen) atoms. The highest BCUT2D eigenvalue weighted by Crippen LogP contribution is 2.23. The number of amides is 1. The number of aromatic nitrogens is 1. The Bertz CT molecular complexity index is 584. The Kier molecular flexibility index (Phi) is 5.73. The summed E-state index contributed by atoms with van der Waals surface area (Å²) in [5.74, 6) is 0.313. The Labute approximate surface area is 134 Å². The largest absolute Gasteiger partial charge is 0.355 e. The summed E-state index contributed by atoms with van der Waals surface area (Å²) in [4.78, 5) is 16.3. The molecular weight excluding hydrogens is 306 g/mol. The number of nitrogens with zero attached hydrogens (tertiary/aromatic N) is 1. The number of carbonyl (C=O) groups excluding carboxylic acids is 1. The molecule has 0 bridgehead atoms. The van der Waals surface area contributed by atoms with E-state index in [1.807, 2.05) is 18.2 Å². The Morgan fingerprint density at radius 1 is 1.33 bits per heavy atom. The van der Waals surface area contributed by atoms with Gasteiger partial charge in [-0.05, 0) is 0 Å². The van der Waals surface area contributed by atoms with Gasteiger partial charge in [-0.2, -0.15) is 0 Å². The van der Waals surface area contributed by atoms with Crippen LogP contribution in [0, 0.1) is 5.92 Å². The van der Waals surface area contributed by atoms with Crippen LogP contribution in [0.1, 0.15) is 5.69 Å². The summed E-state index contributed by atoms with van der Waals surface area (Å²) in [6.45, 7) is 2.27. The standard InChI is InChI=1S/C15H17N3OS.ClH/c19-14(12-8-16-9-12)17-7-6-13-10-20-15(18-13)11-4-2-1-3-5-11;/h1-5,10,12,16H,6-9H2,(H,17,19);1H. The number of benzene rings is 1. The molecule has 0 radical (unpaired) electrons. The van der Waals surface area contributed by atoms with Crippen molar-refractivity contribution in [2.24, 2.45) is 5.92 Å². The number of carbonyl (C=O) groups is 1. The lowest BCUT2D eigenvalue weighted by Gasteiger charge is -2.25. The molecule has 3 rings (SSSR count). The molecule has 6 heteroatoms. The van der Waals surface area contributed by atoms with Crippen LogP contribution in [0.25, 0.3) is 10.6 Å². The van der Waals surface area contributed by atoms with E-state index in [-0.39, 0.29) is 24.2 Å². The maximum Gasteiger partial charge on any atom is 0.225 e. The van der Waals surface area contributed by atoms with Gasteiger partial charge in [-0.1, -0.05) is 30.3 Å². The van der Waals surface area contributed by atoms with Gasteiger partial charge in [0.25, 0.3) is 0 Å². The summed E-state index contributed by atoms with van der Waals surface area (Å²) >= 11 is 1.65. The van der Waals surface area contributed by atoms with E-state index >= 15 is 0 Å². The molecule has 2 N–H and O–H groups in total. The summed E-state index contributed by atoms with van der Waals surface area (Å²) in [7, 11) is 0. The van der Waals surface area contributed by atoms with Gasteiger partial charge < -0.3 is 10.6 Å². The van der Waals surface area contributed by atoms with E-state index in [1.54, 1.807) is 11.3 Å². The first-order valence-corrected chi connectivity index (χ1v) is 7.69. The lowest BCUT2D eigenvalue weighted by Crippen LogP contribution is -2.51. The third-order valence-corrected chi connectivity index (χ3v) is 4.35. The van der Waals surface area contributed by atoms with Crippen molar-refractivity contribution in [1.29, 1.82) is 0 Å². The van der Waals surface area contributed by atoms with Gasteiger partial charge in [-0.3, -0.25) is 4.79 Å². The van der Waals surface area contributed by atoms with Crippen LogP contribution in [0.15, 0.2) is 35.7 Å². The van der Waals surface area contributed by atoms with Crippen molar-refractivity contribution in [2.45, 2.75) is 6.42 Å². The zero-order chi connectivity index (χ0) is 13.8. The molecule has 2 aromatic rings. The van der Waals surface area contributed by atoms with Gasteiger partial charge in [0.05, 0.1) is 11.6 Å². The van der Waals surface area contributed by atoms with Crippen LogP contribution in [-0.4, -0.2) is 30.5 Å². The van der Waals surface area contributed by atoms with E-state index in [0.29, 0.717) is 6.54 Å². The maximum atomic E-state index is 11.7. The monoisotopic (exact) mass is 323 g/mol. The predicted octanol–water partition coefficient (Wildman–Crippen LogP) is 2.11. The van der Waals surface area contributed by atoms with Crippen molar-refractivity contribution in [3.63, 3.8) is 0 Å². The molecule has 0 atom stereocenters. The SMILES string of the molecule is Cl.O=C(NCCc1csc(-c2ccccc2)n1)C1CNC1. The van der Waals surface area contributed by atoms with Gasteiger partial charge in [-0.15, -0.1) is 23.7 Å². The summed E-state index contributed by atoms with van der Waals surface area (Å²) in [5.41, 5.74) is 2.19. The number of thiazole rings is 1. The second-order valence-electron chi connectivity index (χ2n) is 4.91. The third kappa shape index (κ3) is 4.03. The highest BCUT2D eigenvalue weighted by Gasteiger charge is 2.24. The minimum atomic E-state index is 0. The molecule has 1 aliphatic heterocycles. The maximum absolute atomic E-state index is 11.7. The van der Waals surface area contributed by atoms with E-state index in [4.69, 9.17) is 0 Å². The predicted molar refractivity (Wildman–Crippen MR) is 87.9 cm³/mol. The van der Waals surface area contributed by atoms with E-state index in [2.05, 4.69) is 33.1 Å². The van der Waals surface area contributed by atoms with E-state index in [0.717, 1.165) is 35.8 Å². The van der Waals surface area contributed by atoms with Crippen molar-refractivity contribution in [1.82, 2.24) is 15.6 Å². The fourth-order valence-electron chi connectivity index (χ4n) is 2.07. The lowest BCUT2D eigenvalue weighted by atomic mass is 10.0.